The number of para-hydroxylation sites is 1. The van der Waals surface area contributed by atoms with Crippen molar-refractivity contribution in [1.29, 1.82) is 0 Å². The Morgan fingerprint density at radius 1 is 1.48 bits per heavy atom. The molecule has 1 aromatic carbocycles. The molecule has 1 aromatic heterocycles. The van der Waals surface area contributed by atoms with Crippen LogP contribution in [0.25, 0.3) is 11.0 Å². The van der Waals surface area contributed by atoms with Gasteiger partial charge in [-0.1, -0.05) is 12.1 Å². The Bertz CT molecular complexity index is 661. The monoisotopic (exact) mass is 305 g/mol. The van der Waals surface area contributed by atoms with E-state index >= 15 is 0 Å². The zero-order valence-corrected chi connectivity index (χ0v) is 13.0. The number of aryl methyl sites for hydroxylation is 2. The highest BCUT2D eigenvalue weighted by Crippen LogP contribution is 2.28. The summed E-state index contributed by atoms with van der Waals surface area (Å²) < 4.78 is 2.18. The smallest absolute Gasteiger partial charge is 0.223 e. The van der Waals surface area contributed by atoms with Gasteiger partial charge in [-0.05, 0) is 31.4 Å². The molecular weight excluding hydrogens is 286 g/mol. The Balaban J connectivity index is 1.79. The number of aromatic nitrogens is 2. The SMILES string of the molecule is Cc1cccc2c1nc(CCCl)n2CCNC(=O)C1CC1. The van der Waals surface area contributed by atoms with E-state index in [-0.39, 0.29) is 11.8 Å². The molecule has 0 radical (unpaired) electrons. The van der Waals surface area contributed by atoms with Crippen LogP contribution in [-0.4, -0.2) is 27.9 Å². The maximum Gasteiger partial charge on any atom is 0.223 e. The van der Waals surface area contributed by atoms with Crippen LogP contribution in [-0.2, 0) is 17.8 Å². The first-order chi connectivity index (χ1) is 10.2. The van der Waals surface area contributed by atoms with Crippen LogP contribution in [0.5, 0.6) is 0 Å². The van der Waals surface area contributed by atoms with Crippen molar-refractivity contribution >= 4 is 28.5 Å². The van der Waals surface area contributed by atoms with Gasteiger partial charge in [0.1, 0.15) is 5.82 Å². The molecule has 3 rings (SSSR count). The van der Waals surface area contributed by atoms with Gasteiger partial charge in [-0.15, -0.1) is 11.6 Å². The van der Waals surface area contributed by atoms with Gasteiger partial charge in [0.25, 0.3) is 0 Å². The molecule has 5 heteroatoms. The Kier molecular flexibility index (Phi) is 4.15. The van der Waals surface area contributed by atoms with Crippen LogP contribution < -0.4 is 5.32 Å². The van der Waals surface area contributed by atoms with Gasteiger partial charge in [0.15, 0.2) is 0 Å². The molecule has 0 spiro atoms. The van der Waals surface area contributed by atoms with Crippen molar-refractivity contribution < 1.29 is 4.79 Å². The predicted molar refractivity (Wildman–Crippen MR) is 84.6 cm³/mol. The van der Waals surface area contributed by atoms with Crippen LogP contribution in [0.4, 0.5) is 0 Å². The first-order valence-corrected chi connectivity index (χ1v) is 8.02. The van der Waals surface area contributed by atoms with Crippen LogP contribution in [0, 0.1) is 12.8 Å². The fourth-order valence-electron chi connectivity index (χ4n) is 2.64. The minimum Gasteiger partial charge on any atom is -0.354 e. The van der Waals surface area contributed by atoms with E-state index in [1.54, 1.807) is 0 Å². The normalized spacial score (nSPS) is 14.6. The molecule has 0 unspecified atom stereocenters. The average Bonchev–Trinajstić information content (AvgIpc) is 3.25. The number of alkyl halides is 1. The largest absolute Gasteiger partial charge is 0.354 e. The highest BCUT2D eigenvalue weighted by Gasteiger charge is 2.29. The summed E-state index contributed by atoms with van der Waals surface area (Å²) in [5.74, 6) is 2.00. The van der Waals surface area contributed by atoms with E-state index in [2.05, 4.69) is 28.9 Å². The lowest BCUT2D eigenvalue weighted by Gasteiger charge is -2.09. The summed E-state index contributed by atoms with van der Waals surface area (Å²) in [6.45, 7) is 3.45. The second-order valence-electron chi connectivity index (χ2n) is 5.63. The summed E-state index contributed by atoms with van der Waals surface area (Å²) in [7, 11) is 0. The van der Waals surface area contributed by atoms with Gasteiger partial charge in [0.05, 0.1) is 11.0 Å². The number of hydrogen-bond acceptors (Lipinski definition) is 2. The second-order valence-corrected chi connectivity index (χ2v) is 6.00. The molecule has 2 aromatic rings. The van der Waals surface area contributed by atoms with Gasteiger partial charge in [-0.25, -0.2) is 4.98 Å². The van der Waals surface area contributed by atoms with Crippen molar-refractivity contribution in [2.45, 2.75) is 32.7 Å². The lowest BCUT2D eigenvalue weighted by Crippen LogP contribution is -2.28. The summed E-state index contributed by atoms with van der Waals surface area (Å²) in [6, 6.07) is 6.19. The van der Waals surface area contributed by atoms with Crippen LogP contribution >= 0.6 is 11.6 Å². The fourth-order valence-corrected chi connectivity index (χ4v) is 2.81. The van der Waals surface area contributed by atoms with Crippen LogP contribution in [0.1, 0.15) is 24.2 Å². The van der Waals surface area contributed by atoms with Crippen molar-refractivity contribution in [2.24, 2.45) is 5.92 Å². The van der Waals surface area contributed by atoms with E-state index in [0.29, 0.717) is 12.4 Å². The van der Waals surface area contributed by atoms with E-state index < -0.39 is 0 Å². The summed E-state index contributed by atoms with van der Waals surface area (Å²) in [6.07, 6.45) is 2.82. The minimum atomic E-state index is 0.189. The molecule has 1 heterocycles. The van der Waals surface area contributed by atoms with E-state index in [9.17, 15) is 4.79 Å². The van der Waals surface area contributed by atoms with Crippen molar-refractivity contribution in [3.05, 3.63) is 29.6 Å². The highest BCUT2D eigenvalue weighted by molar-refractivity contribution is 6.17. The van der Waals surface area contributed by atoms with Crippen molar-refractivity contribution in [3.63, 3.8) is 0 Å². The molecule has 1 saturated carbocycles. The summed E-state index contributed by atoms with van der Waals surface area (Å²) in [5.41, 5.74) is 3.33. The first-order valence-electron chi connectivity index (χ1n) is 7.49. The number of halogens is 1. The number of fused-ring (bicyclic) bond motifs is 1. The van der Waals surface area contributed by atoms with Crippen molar-refractivity contribution in [3.8, 4) is 0 Å². The van der Waals surface area contributed by atoms with Gasteiger partial charge in [0, 0.05) is 31.3 Å². The van der Waals surface area contributed by atoms with Gasteiger partial charge < -0.3 is 9.88 Å². The predicted octanol–water partition coefficient (Wildman–Crippen LogP) is 2.65. The number of nitrogens with one attached hydrogen (secondary N) is 1. The Morgan fingerprint density at radius 2 is 2.29 bits per heavy atom. The Hall–Kier alpha value is -1.55. The fraction of sp³-hybridized carbons (Fsp3) is 0.500. The van der Waals surface area contributed by atoms with Gasteiger partial charge in [-0.2, -0.15) is 0 Å². The Morgan fingerprint density at radius 3 is 3.00 bits per heavy atom. The maximum atomic E-state index is 11.7. The minimum absolute atomic E-state index is 0.189. The summed E-state index contributed by atoms with van der Waals surface area (Å²) >= 11 is 5.89. The quantitative estimate of drug-likeness (QED) is 0.834. The third-order valence-electron chi connectivity index (χ3n) is 3.96. The zero-order valence-electron chi connectivity index (χ0n) is 12.2. The van der Waals surface area contributed by atoms with E-state index in [1.807, 2.05) is 6.07 Å². The molecule has 1 aliphatic carbocycles. The van der Waals surface area contributed by atoms with E-state index in [4.69, 9.17) is 16.6 Å². The van der Waals surface area contributed by atoms with Gasteiger partial charge >= 0.3 is 0 Å². The van der Waals surface area contributed by atoms with Crippen LogP contribution in [0.15, 0.2) is 18.2 Å². The number of amides is 1. The van der Waals surface area contributed by atoms with Gasteiger partial charge in [0.2, 0.25) is 5.91 Å². The second kappa shape index (κ2) is 6.06. The average molecular weight is 306 g/mol. The molecule has 0 atom stereocenters. The third-order valence-corrected chi connectivity index (χ3v) is 4.15. The Labute approximate surface area is 129 Å². The maximum absolute atomic E-state index is 11.7. The summed E-state index contributed by atoms with van der Waals surface area (Å²) in [4.78, 5) is 16.4. The molecule has 1 fully saturated rings. The molecule has 4 nitrogen and oxygen atoms in total. The van der Waals surface area contributed by atoms with Crippen LogP contribution in [0.2, 0.25) is 0 Å². The number of imidazole rings is 1. The molecule has 0 bridgehead atoms. The molecule has 0 saturated heterocycles. The van der Waals surface area contributed by atoms with E-state index in [0.717, 1.165) is 42.7 Å². The number of nitrogens with zero attached hydrogens (tertiary/aromatic N) is 2. The van der Waals surface area contributed by atoms with Crippen molar-refractivity contribution in [1.82, 2.24) is 14.9 Å². The molecular formula is C16H20ClN3O. The summed E-state index contributed by atoms with van der Waals surface area (Å²) in [5, 5.41) is 3.01. The molecule has 1 aliphatic rings. The number of rotatable bonds is 6. The zero-order chi connectivity index (χ0) is 14.8. The lowest BCUT2D eigenvalue weighted by molar-refractivity contribution is -0.122. The number of hydrogen-bond donors (Lipinski definition) is 1. The molecule has 1 amide bonds. The molecule has 112 valence electrons. The first kappa shape index (κ1) is 14.4. The molecule has 1 N–H and O–H groups in total. The van der Waals surface area contributed by atoms with Gasteiger partial charge in [-0.3, -0.25) is 4.79 Å². The number of carbonyl (C=O) groups is 1. The third kappa shape index (κ3) is 3.05. The molecule has 21 heavy (non-hydrogen) atoms. The standard InChI is InChI=1S/C16H20ClN3O/c1-11-3-2-4-13-15(11)19-14(7-8-17)20(13)10-9-18-16(21)12-5-6-12/h2-4,12H,5-10H2,1H3,(H,18,21). The topological polar surface area (TPSA) is 46.9 Å². The molecule has 0 aliphatic heterocycles. The highest BCUT2D eigenvalue weighted by atomic mass is 35.5. The number of benzene rings is 1. The van der Waals surface area contributed by atoms with Crippen LogP contribution in [0.3, 0.4) is 0 Å². The lowest BCUT2D eigenvalue weighted by atomic mass is 10.2. The number of carbonyl (C=O) groups excluding carboxylic acids is 1. The van der Waals surface area contributed by atoms with Crippen molar-refractivity contribution in [2.75, 3.05) is 12.4 Å². The van der Waals surface area contributed by atoms with E-state index in [1.165, 1.54) is 5.56 Å².